The summed E-state index contributed by atoms with van der Waals surface area (Å²) in [5, 5.41) is 3.86. The molecular formula is C16H30N2. The van der Waals surface area contributed by atoms with Gasteiger partial charge in [-0.25, -0.2) is 0 Å². The molecule has 0 spiro atoms. The first kappa shape index (κ1) is 12.9. The Kier molecular flexibility index (Phi) is 3.68. The summed E-state index contributed by atoms with van der Waals surface area (Å²) in [6.45, 7) is 8.76. The summed E-state index contributed by atoms with van der Waals surface area (Å²) in [4.78, 5) is 2.84. The van der Waals surface area contributed by atoms with Crippen LogP contribution < -0.4 is 5.32 Å². The van der Waals surface area contributed by atoms with Crippen molar-refractivity contribution in [3.05, 3.63) is 0 Å². The Balaban J connectivity index is 1.63. The molecule has 1 aliphatic heterocycles. The lowest BCUT2D eigenvalue weighted by molar-refractivity contribution is 0.112. The molecule has 1 N–H and O–H groups in total. The third kappa shape index (κ3) is 2.75. The summed E-state index contributed by atoms with van der Waals surface area (Å²) in [6.07, 6.45) is 10.1. The van der Waals surface area contributed by atoms with Crippen LogP contribution >= 0.6 is 0 Å². The summed E-state index contributed by atoms with van der Waals surface area (Å²) in [6, 6.07) is 0.888. The van der Waals surface area contributed by atoms with Crippen molar-refractivity contribution in [3.63, 3.8) is 0 Å². The maximum absolute atomic E-state index is 3.86. The van der Waals surface area contributed by atoms with Gasteiger partial charge in [-0.1, -0.05) is 6.92 Å². The van der Waals surface area contributed by atoms with Gasteiger partial charge in [0.05, 0.1) is 0 Å². The zero-order valence-corrected chi connectivity index (χ0v) is 12.3. The van der Waals surface area contributed by atoms with Crippen molar-refractivity contribution in [2.45, 2.75) is 70.4 Å². The predicted molar refractivity (Wildman–Crippen MR) is 76.7 cm³/mol. The number of hydrogen-bond donors (Lipinski definition) is 1. The maximum atomic E-state index is 3.86. The van der Waals surface area contributed by atoms with Crippen LogP contribution in [0.15, 0.2) is 0 Å². The summed E-state index contributed by atoms with van der Waals surface area (Å²) >= 11 is 0. The van der Waals surface area contributed by atoms with Gasteiger partial charge in [-0.15, -0.1) is 0 Å². The van der Waals surface area contributed by atoms with E-state index in [1.165, 1.54) is 64.6 Å². The third-order valence-electron chi connectivity index (χ3n) is 5.66. The molecule has 3 fully saturated rings. The fourth-order valence-electron chi connectivity index (χ4n) is 4.13. The second kappa shape index (κ2) is 5.13. The van der Waals surface area contributed by atoms with Crippen LogP contribution in [0.3, 0.4) is 0 Å². The molecule has 2 saturated carbocycles. The summed E-state index contributed by atoms with van der Waals surface area (Å²) in [7, 11) is 0. The molecule has 1 unspecified atom stereocenters. The summed E-state index contributed by atoms with van der Waals surface area (Å²) in [5.41, 5.74) is 0.416. The molecule has 1 atom stereocenters. The highest BCUT2D eigenvalue weighted by atomic mass is 15.2. The Labute approximate surface area is 113 Å². The van der Waals surface area contributed by atoms with Crippen LogP contribution in [-0.4, -0.2) is 36.1 Å². The van der Waals surface area contributed by atoms with E-state index in [1.54, 1.807) is 0 Å². The monoisotopic (exact) mass is 250 g/mol. The minimum absolute atomic E-state index is 0.416. The highest BCUT2D eigenvalue weighted by Gasteiger charge is 2.44. The molecule has 0 bridgehead atoms. The van der Waals surface area contributed by atoms with E-state index >= 15 is 0 Å². The predicted octanol–water partition coefficient (Wildman–Crippen LogP) is 3.03. The minimum Gasteiger partial charge on any atom is -0.310 e. The first-order valence-corrected chi connectivity index (χ1v) is 8.16. The number of nitrogens with one attached hydrogen (secondary N) is 1. The van der Waals surface area contributed by atoms with Crippen LogP contribution in [0.2, 0.25) is 0 Å². The van der Waals surface area contributed by atoms with E-state index in [0.717, 1.165) is 17.9 Å². The largest absolute Gasteiger partial charge is 0.310 e. The van der Waals surface area contributed by atoms with Gasteiger partial charge in [0.1, 0.15) is 0 Å². The van der Waals surface area contributed by atoms with Gasteiger partial charge in [0.2, 0.25) is 0 Å². The molecule has 1 heterocycles. The highest BCUT2D eigenvalue weighted by Crippen LogP contribution is 2.41. The van der Waals surface area contributed by atoms with E-state index in [0.29, 0.717) is 5.54 Å². The summed E-state index contributed by atoms with van der Waals surface area (Å²) in [5.74, 6) is 1.93. The Morgan fingerprint density at radius 2 is 1.78 bits per heavy atom. The maximum Gasteiger partial charge on any atom is 0.0308 e. The van der Waals surface area contributed by atoms with Gasteiger partial charge in [0.15, 0.2) is 0 Å². The van der Waals surface area contributed by atoms with E-state index in [4.69, 9.17) is 0 Å². The second-order valence-electron chi connectivity index (χ2n) is 7.36. The molecule has 3 rings (SSSR count). The molecule has 0 radical (unpaired) electrons. The Morgan fingerprint density at radius 3 is 2.44 bits per heavy atom. The Morgan fingerprint density at radius 1 is 1.06 bits per heavy atom. The van der Waals surface area contributed by atoms with E-state index in [9.17, 15) is 0 Å². The molecule has 104 valence electrons. The smallest absolute Gasteiger partial charge is 0.0308 e. The number of nitrogens with zero attached hydrogens (tertiary/aromatic N) is 1. The standard InChI is InChI=1S/C16H30N2/c1-13-4-8-15(9-5-13)18-11-3-10-17-16(2,12-18)14-6-7-14/h13-15,17H,3-12H2,1-2H3. The average Bonchev–Trinajstić information content (AvgIpc) is 3.17. The van der Waals surface area contributed by atoms with E-state index < -0.39 is 0 Å². The SMILES string of the molecule is CC1CCC(N2CCCNC(C)(C3CC3)C2)CC1. The topological polar surface area (TPSA) is 15.3 Å². The van der Waals surface area contributed by atoms with E-state index in [1.807, 2.05) is 0 Å². The van der Waals surface area contributed by atoms with Crippen LogP contribution in [0.4, 0.5) is 0 Å². The zero-order chi connectivity index (χ0) is 12.6. The highest BCUT2D eigenvalue weighted by molar-refractivity contribution is 5.02. The van der Waals surface area contributed by atoms with Crippen molar-refractivity contribution in [1.82, 2.24) is 10.2 Å². The summed E-state index contributed by atoms with van der Waals surface area (Å²) < 4.78 is 0. The normalized spacial score (nSPS) is 43.7. The van der Waals surface area contributed by atoms with Gasteiger partial charge in [-0.2, -0.15) is 0 Å². The van der Waals surface area contributed by atoms with Crippen molar-refractivity contribution in [2.75, 3.05) is 19.6 Å². The molecule has 1 saturated heterocycles. The first-order chi connectivity index (χ1) is 8.67. The van der Waals surface area contributed by atoms with Crippen molar-refractivity contribution in [3.8, 4) is 0 Å². The van der Waals surface area contributed by atoms with Crippen LogP contribution in [0.25, 0.3) is 0 Å². The molecule has 0 amide bonds. The fourth-order valence-corrected chi connectivity index (χ4v) is 4.13. The van der Waals surface area contributed by atoms with Gasteiger partial charge in [-0.05, 0) is 76.8 Å². The van der Waals surface area contributed by atoms with Gasteiger partial charge in [0, 0.05) is 18.1 Å². The fraction of sp³-hybridized carbons (Fsp3) is 1.00. The lowest BCUT2D eigenvalue weighted by atomic mass is 9.85. The van der Waals surface area contributed by atoms with Crippen molar-refractivity contribution in [1.29, 1.82) is 0 Å². The van der Waals surface area contributed by atoms with Crippen LogP contribution in [0, 0.1) is 11.8 Å². The molecule has 18 heavy (non-hydrogen) atoms. The molecule has 2 nitrogen and oxygen atoms in total. The molecule has 2 heteroatoms. The molecule has 0 aromatic rings. The average molecular weight is 250 g/mol. The molecule has 2 aliphatic carbocycles. The number of hydrogen-bond acceptors (Lipinski definition) is 2. The molecular weight excluding hydrogens is 220 g/mol. The third-order valence-corrected chi connectivity index (χ3v) is 5.66. The van der Waals surface area contributed by atoms with Crippen molar-refractivity contribution < 1.29 is 0 Å². The van der Waals surface area contributed by atoms with Crippen LogP contribution in [0.1, 0.15) is 58.8 Å². The van der Waals surface area contributed by atoms with E-state index in [-0.39, 0.29) is 0 Å². The quantitative estimate of drug-likeness (QED) is 0.810. The zero-order valence-electron chi connectivity index (χ0n) is 12.3. The van der Waals surface area contributed by atoms with Gasteiger partial charge in [-0.3, -0.25) is 4.90 Å². The number of rotatable bonds is 2. The van der Waals surface area contributed by atoms with Crippen molar-refractivity contribution >= 4 is 0 Å². The first-order valence-electron chi connectivity index (χ1n) is 8.16. The lowest BCUT2D eigenvalue weighted by Gasteiger charge is -2.40. The Bertz CT molecular complexity index is 279. The lowest BCUT2D eigenvalue weighted by Crippen LogP contribution is -2.53. The molecule has 0 aromatic heterocycles. The molecule has 3 aliphatic rings. The van der Waals surface area contributed by atoms with Gasteiger partial charge in [0.25, 0.3) is 0 Å². The minimum atomic E-state index is 0.416. The van der Waals surface area contributed by atoms with Gasteiger partial charge < -0.3 is 5.32 Å². The Hall–Kier alpha value is -0.0800. The van der Waals surface area contributed by atoms with E-state index in [2.05, 4.69) is 24.1 Å². The van der Waals surface area contributed by atoms with Crippen LogP contribution in [-0.2, 0) is 0 Å². The van der Waals surface area contributed by atoms with Crippen LogP contribution in [0.5, 0.6) is 0 Å². The van der Waals surface area contributed by atoms with Crippen molar-refractivity contribution in [2.24, 2.45) is 11.8 Å². The second-order valence-corrected chi connectivity index (χ2v) is 7.36. The molecule has 0 aromatic carbocycles. The van der Waals surface area contributed by atoms with Gasteiger partial charge >= 0.3 is 0 Å².